The third kappa shape index (κ3) is 3.60. The van der Waals surface area contributed by atoms with Gasteiger partial charge in [-0.1, -0.05) is 51.5 Å². The van der Waals surface area contributed by atoms with Gasteiger partial charge in [-0.2, -0.15) is 0 Å². The van der Waals surface area contributed by atoms with Gasteiger partial charge in [0.1, 0.15) is 0 Å². The van der Waals surface area contributed by atoms with Crippen LogP contribution in [0.4, 0.5) is 0 Å². The minimum absolute atomic E-state index is 0.384. The van der Waals surface area contributed by atoms with E-state index >= 15 is 0 Å². The van der Waals surface area contributed by atoms with Crippen LogP contribution in [-0.4, -0.2) is 12.6 Å². The van der Waals surface area contributed by atoms with Crippen molar-refractivity contribution in [2.24, 2.45) is 0 Å². The molecule has 19 heavy (non-hydrogen) atoms. The van der Waals surface area contributed by atoms with Crippen LogP contribution in [0.5, 0.6) is 0 Å². The average molecular weight is 259 g/mol. The summed E-state index contributed by atoms with van der Waals surface area (Å²) in [5, 5.41) is 3.70. The zero-order chi connectivity index (χ0) is 13.7. The minimum Gasteiger partial charge on any atom is -0.314 e. The van der Waals surface area contributed by atoms with Crippen LogP contribution in [0, 0.1) is 0 Å². The number of hydrogen-bond acceptors (Lipinski definition) is 1. The monoisotopic (exact) mass is 259 g/mol. The van der Waals surface area contributed by atoms with E-state index in [1.54, 1.807) is 5.56 Å². The van der Waals surface area contributed by atoms with Crippen molar-refractivity contribution in [1.29, 1.82) is 0 Å². The lowest BCUT2D eigenvalue weighted by Gasteiger charge is -2.26. The molecular weight excluding hydrogens is 230 g/mol. The van der Waals surface area contributed by atoms with Crippen LogP contribution in [0.2, 0.25) is 0 Å². The lowest BCUT2D eigenvalue weighted by Crippen LogP contribution is -2.29. The third-order valence-electron chi connectivity index (χ3n) is 4.59. The second-order valence-corrected chi connectivity index (χ2v) is 6.40. The second kappa shape index (κ2) is 6.56. The van der Waals surface area contributed by atoms with Crippen LogP contribution in [0.25, 0.3) is 0 Å². The highest BCUT2D eigenvalue weighted by Crippen LogP contribution is 2.41. The van der Waals surface area contributed by atoms with Gasteiger partial charge in [-0.3, -0.25) is 0 Å². The predicted molar refractivity (Wildman–Crippen MR) is 83.7 cm³/mol. The molecule has 1 fully saturated rings. The van der Waals surface area contributed by atoms with E-state index in [1.165, 1.54) is 44.1 Å². The second-order valence-electron chi connectivity index (χ2n) is 6.40. The van der Waals surface area contributed by atoms with Gasteiger partial charge in [0.15, 0.2) is 0 Å². The van der Waals surface area contributed by atoms with Crippen LogP contribution in [0.3, 0.4) is 0 Å². The summed E-state index contributed by atoms with van der Waals surface area (Å²) in [4.78, 5) is 0. The minimum atomic E-state index is 0.384. The lowest BCUT2D eigenvalue weighted by atomic mass is 9.80. The Labute approximate surface area is 118 Å². The van der Waals surface area contributed by atoms with Gasteiger partial charge in [-0.25, -0.2) is 0 Å². The van der Waals surface area contributed by atoms with Crippen LogP contribution >= 0.6 is 0 Å². The van der Waals surface area contributed by atoms with Crippen molar-refractivity contribution in [1.82, 2.24) is 5.32 Å². The molecule has 1 N–H and O–H groups in total. The molecule has 106 valence electrons. The largest absolute Gasteiger partial charge is 0.314 e. The Morgan fingerprint density at radius 1 is 1.26 bits per heavy atom. The molecule has 0 radical (unpaired) electrons. The molecule has 1 aliphatic carbocycles. The molecule has 1 saturated carbocycles. The summed E-state index contributed by atoms with van der Waals surface area (Å²) < 4.78 is 0. The van der Waals surface area contributed by atoms with E-state index in [2.05, 4.69) is 50.4 Å². The average Bonchev–Trinajstić information content (AvgIpc) is 2.80. The first-order chi connectivity index (χ1) is 9.18. The fourth-order valence-corrected chi connectivity index (χ4v) is 3.42. The van der Waals surface area contributed by atoms with Crippen molar-refractivity contribution in [3.8, 4) is 0 Å². The number of aryl methyl sites for hydroxylation is 1. The van der Waals surface area contributed by atoms with E-state index in [-0.39, 0.29) is 0 Å². The molecule has 2 rings (SSSR count). The first-order valence-electron chi connectivity index (χ1n) is 8.00. The van der Waals surface area contributed by atoms with Gasteiger partial charge in [0.2, 0.25) is 0 Å². The van der Waals surface area contributed by atoms with Gasteiger partial charge in [-0.05, 0) is 55.2 Å². The van der Waals surface area contributed by atoms with E-state index in [4.69, 9.17) is 0 Å². The SMILES string of the molecule is CCCNC1CCC(C)(c2cccc(CCC)c2)C1. The van der Waals surface area contributed by atoms with E-state index in [0.717, 1.165) is 12.6 Å². The van der Waals surface area contributed by atoms with Gasteiger partial charge in [-0.15, -0.1) is 0 Å². The molecule has 1 nitrogen and oxygen atoms in total. The van der Waals surface area contributed by atoms with Crippen molar-refractivity contribution in [3.63, 3.8) is 0 Å². The van der Waals surface area contributed by atoms with E-state index in [0.29, 0.717) is 5.41 Å². The predicted octanol–water partition coefficient (Wildman–Crippen LogP) is 4.45. The Kier molecular flexibility index (Phi) is 5.04. The molecule has 0 aliphatic heterocycles. The number of nitrogens with one attached hydrogen (secondary N) is 1. The summed E-state index contributed by atoms with van der Waals surface area (Å²) in [6, 6.07) is 10.0. The summed E-state index contributed by atoms with van der Waals surface area (Å²) in [7, 11) is 0. The van der Waals surface area contributed by atoms with E-state index < -0.39 is 0 Å². The maximum Gasteiger partial charge on any atom is 0.00757 e. The molecule has 0 heterocycles. The fourth-order valence-electron chi connectivity index (χ4n) is 3.42. The summed E-state index contributed by atoms with van der Waals surface area (Å²) in [6.07, 6.45) is 7.63. The van der Waals surface area contributed by atoms with Crippen molar-refractivity contribution < 1.29 is 0 Å². The highest BCUT2D eigenvalue weighted by atomic mass is 14.9. The molecule has 2 unspecified atom stereocenters. The Bertz CT molecular complexity index is 398. The van der Waals surface area contributed by atoms with Crippen LogP contribution in [-0.2, 0) is 11.8 Å². The number of benzene rings is 1. The first-order valence-corrected chi connectivity index (χ1v) is 8.00. The Morgan fingerprint density at radius 2 is 2.11 bits per heavy atom. The molecule has 0 spiro atoms. The molecule has 0 aromatic heterocycles. The van der Waals surface area contributed by atoms with Crippen molar-refractivity contribution in [2.45, 2.75) is 70.8 Å². The third-order valence-corrected chi connectivity index (χ3v) is 4.59. The molecule has 0 bridgehead atoms. The van der Waals surface area contributed by atoms with Gasteiger partial charge in [0, 0.05) is 6.04 Å². The Hall–Kier alpha value is -0.820. The van der Waals surface area contributed by atoms with Crippen LogP contribution in [0.15, 0.2) is 24.3 Å². The van der Waals surface area contributed by atoms with Crippen molar-refractivity contribution in [3.05, 3.63) is 35.4 Å². The van der Waals surface area contributed by atoms with Crippen molar-refractivity contribution >= 4 is 0 Å². The molecule has 2 atom stereocenters. The smallest absolute Gasteiger partial charge is 0.00757 e. The molecule has 0 saturated heterocycles. The van der Waals surface area contributed by atoms with Gasteiger partial charge >= 0.3 is 0 Å². The summed E-state index contributed by atoms with van der Waals surface area (Å²) in [5.74, 6) is 0. The summed E-state index contributed by atoms with van der Waals surface area (Å²) >= 11 is 0. The van der Waals surface area contributed by atoms with Gasteiger partial charge in [0.05, 0.1) is 0 Å². The maximum absolute atomic E-state index is 3.70. The van der Waals surface area contributed by atoms with Gasteiger partial charge < -0.3 is 5.32 Å². The molecule has 1 heteroatoms. The summed E-state index contributed by atoms with van der Waals surface area (Å²) in [6.45, 7) is 8.12. The highest BCUT2D eigenvalue weighted by Gasteiger charge is 2.36. The highest BCUT2D eigenvalue weighted by molar-refractivity contribution is 5.31. The Balaban J connectivity index is 2.06. The zero-order valence-corrected chi connectivity index (χ0v) is 12.8. The van der Waals surface area contributed by atoms with Crippen LogP contribution < -0.4 is 5.32 Å². The number of hydrogen-bond donors (Lipinski definition) is 1. The molecule has 1 aromatic carbocycles. The summed E-state index contributed by atoms with van der Waals surface area (Å²) in [5.41, 5.74) is 3.44. The molecular formula is C18H29N. The molecule has 1 aromatic rings. The Morgan fingerprint density at radius 3 is 2.84 bits per heavy atom. The van der Waals surface area contributed by atoms with Crippen molar-refractivity contribution in [2.75, 3.05) is 6.54 Å². The zero-order valence-electron chi connectivity index (χ0n) is 12.8. The fraction of sp³-hybridized carbons (Fsp3) is 0.667. The van der Waals surface area contributed by atoms with E-state index in [9.17, 15) is 0 Å². The van der Waals surface area contributed by atoms with Gasteiger partial charge in [0.25, 0.3) is 0 Å². The first kappa shape index (κ1) is 14.6. The lowest BCUT2D eigenvalue weighted by molar-refractivity contribution is 0.452. The van der Waals surface area contributed by atoms with Crippen LogP contribution in [0.1, 0.15) is 64.0 Å². The quantitative estimate of drug-likeness (QED) is 0.796. The standard InChI is InChI=1S/C18H29N/c1-4-7-15-8-6-9-16(13-15)18(3)11-10-17(14-18)19-12-5-2/h6,8-9,13,17,19H,4-5,7,10-12,14H2,1-3H3. The number of rotatable bonds is 6. The maximum atomic E-state index is 3.70. The normalized spacial score (nSPS) is 26.8. The van der Waals surface area contributed by atoms with E-state index in [1.807, 2.05) is 0 Å². The molecule has 0 amide bonds. The topological polar surface area (TPSA) is 12.0 Å². The molecule has 1 aliphatic rings.